The van der Waals surface area contributed by atoms with Gasteiger partial charge in [0, 0.05) is 11.3 Å². The van der Waals surface area contributed by atoms with Gasteiger partial charge in [0.2, 0.25) is 5.91 Å². The number of fused-ring (bicyclic) bond motifs is 1. The minimum absolute atomic E-state index is 0.0473. The van der Waals surface area contributed by atoms with Crippen LogP contribution in [0.2, 0.25) is 0 Å². The van der Waals surface area contributed by atoms with E-state index < -0.39 is 0 Å². The van der Waals surface area contributed by atoms with Crippen molar-refractivity contribution in [2.24, 2.45) is 17.6 Å². The third-order valence-corrected chi connectivity index (χ3v) is 4.68. The Morgan fingerprint density at radius 3 is 3.09 bits per heavy atom. The maximum atomic E-state index is 12.6. The highest BCUT2D eigenvalue weighted by Crippen LogP contribution is 2.31. The fourth-order valence-electron chi connectivity index (χ4n) is 3.33. The summed E-state index contributed by atoms with van der Waals surface area (Å²) in [5.41, 5.74) is 7.40. The van der Waals surface area contributed by atoms with Crippen molar-refractivity contribution in [3.05, 3.63) is 30.5 Å². The van der Waals surface area contributed by atoms with E-state index in [1.165, 1.54) is 0 Å². The van der Waals surface area contributed by atoms with E-state index in [0.717, 1.165) is 42.3 Å². The highest BCUT2D eigenvalue weighted by atomic mass is 16.5. The van der Waals surface area contributed by atoms with E-state index in [1.54, 1.807) is 13.3 Å². The van der Waals surface area contributed by atoms with Gasteiger partial charge < -0.3 is 15.8 Å². The van der Waals surface area contributed by atoms with Gasteiger partial charge in [-0.1, -0.05) is 12.5 Å². The minimum atomic E-state index is 0.0473. The van der Waals surface area contributed by atoms with Gasteiger partial charge in [-0.25, -0.2) is 0 Å². The van der Waals surface area contributed by atoms with Crippen LogP contribution in [0.3, 0.4) is 0 Å². The van der Waals surface area contributed by atoms with Crippen molar-refractivity contribution in [2.45, 2.75) is 25.7 Å². The lowest BCUT2D eigenvalue weighted by molar-refractivity contribution is -0.121. The molecule has 1 amide bonds. The van der Waals surface area contributed by atoms with Crippen molar-refractivity contribution in [2.75, 3.05) is 19.0 Å². The molecule has 23 heavy (non-hydrogen) atoms. The van der Waals surface area contributed by atoms with E-state index in [0.29, 0.717) is 18.2 Å². The lowest BCUT2D eigenvalue weighted by Crippen LogP contribution is -2.30. The number of aromatic nitrogens is 1. The monoisotopic (exact) mass is 313 g/mol. The highest BCUT2D eigenvalue weighted by molar-refractivity contribution is 6.02. The molecule has 5 nitrogen and oxygen atoms in total. The molecule has 5 heteroatoms. The first-order valence-electron chi connectivity index (χ1n) is 8.15. The molecule has 1 aliphatic rings. The number of nitrogens with zero attached hydrogens (tertiary/aromatic N) is 1. The summed E-state index contributed by atoms with van der Waals surface area (Å²) in [7, 11) is 1.61. The maximum Gasteiger partial charge on any atom is 0.227 e. The standard InChI is InChI=1S/C18H23N3O2/c1-23-14-9-15-16(20-11-14)6-3-7-17(15)21-18(22)13-5-2-4-12(8-13)10-19/h3,6-7,9,11-13H,2,4-5,8,10,19H2,1H3,(H,21,22). The van der Waals surface area contributed by atoms with Gasteiger partial charge in [-0.2, -0.15) is 0 Å². The molecule has 2 aromatic rings. The largest absolute Gasteiger partial charge is 0.495 e. The zero-order valence-corrected chi connectivity index (χ0v) is 13.4. The molecule has 1 aromatic carbocycles. The van der Waals surface area contributed by atoms with E-state index in [4.69, 9.17) is 10.5 Å². The molecule has 2 atom stereocenters. The summed E-state index contributed by atoms with van der Waals surface area (Å²) in [4.78, 5) is 17.0. The normalized spacial score (nSPS) is 21.1. The number of nitrogens with two attached hydrogens (primary N) is 1. The second-order valence-electron chi connectivity index (χ2n) is 6.20. The third kappa shape index (κ3) is 3.45. The number of hydrogen-bond donors (Lipinski definition) is 2. The fraction of sp³-hybridized carbons (Fsp3) is 0.444. The Morgan fingerprint density at radius 2 is 2.30 bits per heavy atom. The van der Waals surface area contributed by atoms with Crippen LogP contribution in [0.4, 0.5) is 5.69 Å². The molecular weight excluding hydrogens is 290 g/mol. The quantitative estimate of drug-likeness (QED) is 0.910. The zero-order valence-electron chi connectivity index (χ0n) is 13.4. The smallest absolute Gasteiger partial charge is 0.227 e. The van der Waals surface area contributed by atoms with Gasteiger partial charge in [0.05, 0.1) is 24.5 Å². The second kappa shape index (κ2) is 6.96. The number of amides is 1. The second-order valence-corrected chi connectivity index (χ2v) is 6.20. The van der Waals surface area contributed by atoms with Crippen molar-refractivity contribution >= 4 is 22.5 Å². The zero-order chi connectivity index (χ0) is 16.2. The van der Waals surface area contributed by atoms with Gasteiger partial charge in [0.15, 0.2) is 0 Å². The Hall–Kier alpha value is -2.14. The number of nitrogens with one attached hydrogen (secondary N) is 1. The third-order valence-electron chi connectivity index (χ3n) is 4.68. The van der Waals surface area contributed by atoms with E-state index >= 15 is 0 Å². The molecule has 1 heterocycles. The van der Waals surface area contributed by atoms with Gasteiger partial charge in [-0.15, -0.1) is 0 Å². The topological polar surface area (TPSA) is 77.2 Å². The van der Waals surface area contributed by atoms with Gasteiger partial charge in [0.1, 0.15) is 5.75 Å². The van der Waals surface area contributed by atoms with E-state index in [9.17, 15) is 4.79 Å². The molecular formula is C18H23N3O2. The number of methoxy groups -OCH3 is 1. The summed E-state index contributed by atoms with van der Waals surface area (Å²) in [5, 5.41) is 3.97. The molecule has 3 rings (SSSR count). The first-order valence-corrected chi connectivity index (χ1v) is 8.15. The number of hydrogen-bond acceptors (Lipinski definition) is 4. The predicted octanol–water partition coefficient (Wildman–Crippen LogP) is 2.95. The summed E-state index contributed by atoms with van der Waals surface area (Å²) >= 11 is 0. The van der Waals surface area contributed by atoms with E-state index in [1.807, 2.05) is 24.3 Å². The Balaban J connectivity index is 1.81. The van der Waals surface area contributed by atoms with Crippen molar-refractivity contribution in [3.8, 4) is 5.75 Å². The molecule has 3 N–H and O–H groups in total. The molecule has 1 fully saturated rings. The van der Waals surface area contributed by atoms with Crippen LogP contribution >= 0.6 is 0 Å². The predicted molar refractivity (Wildman–Crippen MR) is 91.4 cm³/mol. The van der Waals surface area contributed by atoms with Gasteiger partial charge in [-0.3, -0.25) is 9.78 Å². The first-order chi connectivity index (χ1) is 11.2. The van der Waals surface area contributed by atoms with Crippen LogP contribution in [0.1, 0.15) is 25.7 Å². The molecule has 0 aliphatic heterocycles. The first kappa shape index (κ1) is 15.7. The minimum Gasteiger partial charge on any atom is -0.495 e. The Labute approximate surface area is 136 Å². The highest BCUT2D eigenvalue weighted by Gasteiger charge is 2.26. The van der Waals surface area contributed by atoms with E-state index in [2.05, 4.69) is 10.3 Å². The maximum absolute atomic E-state index is 12.6. The molecule has 0 radical (unpaired) electrons. The van der Waals surface area contributed by atoms with Crippen LogP contribution in [-0.4, -0.2) is 24.5 Å². The average molecular weight is 313 g/mol. The van der Waals surface area contributed by atoms with Crippen LogP contribution in [0, 0.1) is 11.8 Å². The molecule has 122 valence electrons. The summed E-state index contributed by atoms with van der Waals surface area (Å²) < 4.78 is 5.24. The van der Waals surface area contributed by atoms with Gasteiger partial charge in [0.25, 0.3) is 0 Å². The number of benzene rings is 1. The van der Waals surface area contributed by atoms with Crippen LogP contribution in [-0.2, 0) is 4.79 Å². The molecule has 1 saturated carbocycles. The molecule has 2 unspecified atom stereocenters. The lowest BCUT2D eigenvalue weighted by Gasteiger charge is -2.27. The molecule has 0 saturated heterocycles. The van der Waals surface area contributed by atoms with Crippen molar-refractivity contribution in [3.63, 3.8) is 0 Å². The summed E-state index contributed by atoms with van der Waals surface area (Å²) in [5.74, 6) is 1.28. The SMILES string of the molecule is COc1cnc2cccc(NC(=O)C3CCCC(CN)C3)c2c1. The van der Waals surface area contributed by atoms with Gasteiger partial charge in [-0.05, 0) is 49.9 Å². The number of anilines is 1. The number of carbonyl (C=O) groups excluding carboxylic acids is 1. The van der Waals surface area contributed by atoms with Crippen LogP contribution in [0.15, 0.2) is 30.5 Å². The Kier molecular flexibility index (Phi) is 4.76. The van der Waals surface area contributed by atoms with Gasteiger partial charge >= 0.3 is 0 Å². The number of carbonyl (C=O) groups is 1. The summed E-state index contributed by atoms with van der Waals surface area (Å²) in [6.07, 6.45) is 5.71. The van der Waals surface area contributed by atoms with Crippen molar-refractivity contribution < 1.29 is 9.53 Å². The number of rotatable bonds is 4. The molecule has 1 aliphatic carbocycles. The van der Waals surface area contributed by atoms with E-state index in [-0.39, 0.29) is 11.8 Å². The van der Waals surface area contributed by atoms with Crippen molar-refractivity contribution in [1.29, 1.82) is 0 Å². The molecule has 0 spiro atoms. The van der Waals surface area contributed by atoms with Crippen LogP contribution in [0.25, 0.3) is 10.9 Å². The number of pyridine rings is 1. The number of ether oxygens (including phenoxy) is 1. The summed E-state index contributed by atoms with van der Waals surface area (Å²) in [6.45, 7) is 0.666. The van der Waals surface area contributed by atoms with Crippen LogP contribution in [0.5, 0.6) is 5.75 Å². The Morgan fingerprint density at radius 1 is 1.43 bits per heavy atom. The van der Waals surface area contributed by atoms with Crippen molar-refractivity contribution in [1.82, 2.24) is 4.98 Å². The molecule has 1 aromatic heterocycles. The fourth-order valence-corrected chi connectivity index (χ4v) is 3.33. The Bertz CT molecular complexity index is 702. The van der Waals surface area contributed by atoms with Crippen LogP contribution < -0.4 is 15.8 Å². The molecule has 0 bridgehead atoms. The average Bonchev–Trinajstić information content (AvgIpc) is 2.61. The lowest BCUT2D eigenvalue weighted by atomic mass is 9.81. The summed E-state index contributed by atoms with van der Waals surface area (Å²) in [6, 6.07) is 7.64.